The molecule has 1 aromatic heterocycles. The van der Waals surface area contributed by atoms with Crippen LogP contribution in [0.3, 0.4) is 0 Å². The Balaban J connectivity index is 2.13. The molecule has 1 aromatic carbocycles. The molecule has 2 aromatic rings. The first kappa shape index (κ1) is 11.2. The van der Waals surface area contributed by atoms with Crippen molar-refractivity contribution in [1.82, 2.24) is 9.97 Å². The summed E-state index contributed by atoms with van der Waals surface area (Å²) in [6.07, 6.45) is 3.25. The van der Waals surface area contributed by atoms with Gasteiger partial charge in [0, 0.05) is 17.5 Å². The molecule has 0 bridgehead atoms. The number of hydrogen-bond acceptors (Lipinski definition) is 2. The summed E-state index contributed by atoms with van der Waals surface area (Å²) in [6.45, 7) is 2.11. The van der Waals surface area contributed by atoms with E-state index in [1.807, 2.05) is 18.2 Å². The average Bonchev–Trinajstić information content (AvgIpc) is 3.22. The first-order chi connectivity index (χ1) is 8.78. The zero-order chi connectivity index (χ0) is 12.5. The fraction of sp³-hybridized carbons (Fsp3) is 0.333. The molecule has 0 amide bonds. The van der Waals surface area contributed by atoms with Crippen molar-refractivity contribution in [2.24, 2.45) is 0 Å². The molecule has 1 fully saturated rings. The van der Waals surface area contributed by atoms with Crippen molar-refractivity contribution in [2.75, 3.05) is 0 Å². The summed E-state index contributed by atoms with van der Waals surface area (Å²) in [5.41, 5.74) is 3.15. The monoisotopic (exact) mass is 240 g/mol. The maximum Gasteiger partial charge on any atom is 0.251 e. The Morgan fingerprint density at radius 1 is 1.33 bits per heavy atom. The van der Waals surface area contributed by atoms with Crippen LogP contribution >= 0.6 is 0 Å². The molecule has 1 saturated carbocycles. The second-order valence-corrected chi connectivity index (χ2v) is 4.80. The maximum absolute atomic E-state index is 11.7. The lowest BCUT2D eigenvalue weighted by atomic mass is 10.0. The summed E-state index contributed by atoms with van der Waals surface area (Å²) in [5, 5.41) is 0. The van der Waals surface area contributed by atoms with Crippen LogP contribution < -0.4 is 5.56 Å². The van der Waals surface area contributed by atoms with Gasteiger partial charge in [0.05, 0.1) is 5.69 Å². The van der Waals surface area contributed by atoms with E-state index >= 15 is 0 Å². The first-order valence-corrected chi connectivity index (χ1v) is 6.47. The van der Waals surface area contributed by atoms with Gasteiger partial charge in [-0.1, -0.05) is 31.2 Å². The maximum atomic E-state index is 11.7. The molecule has 0 unspecified atom stereocenters. The van der Waals surface area contributed by atoms with E-state index < -0.39 is 0 Å². The number of aromatic nitrogens is 2. The molecular formula is C15H16N2O. The van der Waals surface area contributed by atoms with Gasteiger partial charge in [-0.05, 0) is 24.8 Å². The van der Waals surface area contributed by atoms with Gasteiger partial charge in [0.15, 0.2) is 0 Å². The molecule has 0 saturated heterocycles. The molecular weight excluding hydrogens is 224 g/mol. The highest BCUT2D eigenvalue weighted by Gasteiger charge is 2.26. The van der Waals surface area contributed by atoms with E-state index in [1.54, 1.807) is 6.07 Å². The van der Waals surface area contributed by atoms with Crippen LogP contribution in [0.5, 0.6) is 0 Å². The minimum atomic E-state index is -0.0483. The van der Waals surface area contributed by atoms with E-state index in [-0.39, 0.29) is 5.56 Å². The number of nitrogens with zero attached hydrogens (tertiary/aromatic N) is 1. The molecule has 18 heavy (non-hydrogen) atoms. The molecule has 0 aliphatic heterocycles. The van der Waals surface area contributed by atoms with Crippen molar-refractivity contribution >= 4 is 0 Å². The largest absolute Gasteiger partial charge is 0.307 e. The fourth-order valence-electron chi connectivity index (χ4n) is 2.25. The van der Waals surface area contributed by atoms with Gasteiger partial charge < -0.3 is 4.98 Å². The Morgan fingerprint density at radius 3 is 2.83 bits per heavy atom. The van der Waals surface area contributed by atoms with E-state index in [0.29, 0.717) is 11.7 Å². The number of H-pyrrole nitrogens is 1. The van der Waals surface area contributed by atoms with Crippen LogP contribution in [0.25, 0.3) is 11.4 Å². The highest BCUT2D eigenvalue weighted by atomic mass is 16.1. The average molecular weight is 240 g/mol. The number of rotatable bonds is 3. The van der Waals surface area contributed by atoms with Crippen molar-refractivity contribution in [1.29, 1.82) is 0 Å². The molecule has 0 atom stereocenters. The van der Waals surface area contributed by atoms with Crippen LogP contribution in [0.2, 0.25) is 0 Å². The molecule has 3 rings (SSSR count). The molecule has 1 heterocycles. The van der Waals surface area contributed by atoms with Crippen LogP contribution in [0.4, 0.5) is 0 Å². The second kappa shape index (κ2) is 4.41. The number of benzene rings is 1. The SMILES string of the molecule is CCc1ccccc1-c1nc(C2CC2)cc(=O)[nH]1. The standard InChI is InChI=1S/C15H16N2O/c1-2-10-5-3-4-6-12(10)15-16-13(11-7-8-11)9-14(18)17-15/h3-6,9,11H,2,7-8H2,1H3,(H,16,17,18). The van der Waals surface area contributed by atoms with Crippen LogP contribution in [0.1, 0.15) is 36.9 Å². The third kappa shape index (κ3) is 2.08. The molecule has 1 N–H and O–H groups in total. The third-order valence-electron chi connectivity index (χ3n) is 3.41. The van der Waals surface area contributed by atoms with E-state index in [9.17, 15) is 4.79 Å². The predicted octanol–water partition coefficient (Wildman–Crippen LogP) is 2.88. The Labute approximate surface area is 106 Å². The summed E-state index contributed by atoms with van der Waals surface area (Å²) >= 11 is 0. The highest BCUT2D eigenvalue weighted by molar-refractivity contribution is 5.60. The molecule has 3 nitrogen and oxygen atoms in total. The fourth-order valence-corrected chi connectivity index (χ4v) is 2.25. The van der Waals surface area contributed by atoms with Crippen molar-refractivity contribution in [3.8, 4) is 11.4 Å². The normalized spacial score (nSPS) is 14.7. The van der Waals surface area contributed by atoms with Crippen molar-refractivity contribution in [3.63, 3.8) is 0 Å². The van der Waals surface area contributed by atoms with Gasteiger partial charge in [-0.25, -0.2) is 4.98 Å². The highest BCUT2D eigenvalue weighted by Crippen LogP contribution is 2.38. The van der Waals surface area contributed by atoms with Crippen LogP contribution in [-0.4, -0.2) is 9.97 Å². The molecule has 1 aliphatic carbocycles. The summed E-state index contributed by atoms with van der Waals surface area (Å²) in [7, 11) is 0. The Hall–Kier alpha value is -1.90. The number of nitrogens with one attached hydrogen (secondary N) is 1. The summed E-state index contributed by atoms with van der Waals surface area (Å²) in [5.74, 6) is 1.21. The molecule has 3 heteroatoms. The Bertz CT molecular complexity index is 626. The smallest absolute Gasteiger partial charge is 0.251 e. The van der Waals surface area contributed by atoms with Gasteiger partial charge >= 0.3 is 0 Å². The Morgan fingerprint density at radius 2 is 2.11 bits per heavy atom. The van der Waals surface area contributed by atoms with Gasteiger partial charge in [0.25, 0.3) is 5.56 Å². The minimum absolute atomic E-state index is 0.0483. The lowest BCUT2D eigenvalue weighted by Crippen LogP contribution is -2.10. The number of aromatic amines is 1. The van der Waals surface area contributed by atoms with Gasteiger partial charge in [0.2, 0.25) is 0 Å². The van der Waals surface area contributed by atoms with E-state index in [1.165, 1.54) is 5.56 Å². The zero-order valence-electron chi connectivity index (χ0n) is 10.4. The number of aryl methyl sites for hydroxylation is 1. The predicted molar refractivity (Wildman–Crippen MR) is 71.6 cm³/mol. The minimum Gasteiger partial charge on any atom is -0.307 e. The third-order valence-corrected chi connectivity index (χ3v) is 3.41. The van der Waals surface area contributed by atoms with Crippen molar-refractivity contribution < 1.29 is 0 Å². The Kier molecular flexibility index (Phi) is 2.74. The van der Waals surface area contributed by atoms with Gasteiger partial charge in [-0.2, -0.15) is 0 Å². The van der Waals surface area contributed by atoms with Crippen molar-refractivity contribution in [3.05, 3.63) is 51.9 Å². The quantitative estimate of drug-likeness (QED) is 0.896. The van der Waals surface area contributed by atoms with Crippen molar-refractivity contribution in [2.45, 2.75) is 32.1 Å². The van der Waals surface area contributed by atoms with Gasteiger partial charge in [0.1, 0.15) is 5.82 Å². The zero-order valence-corrected chi connectivity index (χ0v) is 10.4. The van der Waals surface area contributed by atoms with E-state index in [2.05, 4.69) is 23.0 Å². The summed E-state index contributed by atoms with van der Waals surface area (Å²) in [4.78, 5) is 19.2. The molecule has 1 aliphatic rings. The van der Waals surface area contributed by atoms with E-state index in [4.69, 9.17) is 0 Å². The molecule has 92 valence electrons. The van der Waals surface area contributed by atoms with Crippen LogP contribution in [0, 0.1) is 0 Å². The molecule has 0 radical (unpaired) electrons. The lowest BCUT2D eigenvalue weighted by Gasteiger charge is -2.08. The van der Waals surface area contributed by atoms with Gasteiger partial charge in [-0.15, -0.1) is 0 Å². The van der Waals surface area contributed by atoms with Crippen LogP contribution in [-0.2, 0) is 6.42 Å². The summed E-state index contributed by atoms with van der Waals surface area (Å²) < 4.78 is 0. The lowest BCUT2D eigenvalue weighted by molar-refractivity contribution is 0.972. The van der Waals surface area contributed by atoms with Gasteiger partial charge in [-0.3, -0.25) is 4.79 Å². The molecule has 0 spiro atoms. The summed E-state index contributed by atoms with van der Waals surface area (Å²) in [6, 6.07) is 9.74. The topological polar surface area (TPSA) is 45.8 Å². The van der Waals surface area contributed by atoms with Crippen LogP contribution in [0.15, 0.2) is 35.1 Å². The van der Waals surface area contributed by atoms with E-state index in [0.717, 1.165) is 30.5 Å². The first-order valence-electron chi connectivity index (χ1n) is 6.47. The second-order valence-electron chi connectivity index (χ2n) is 4.80. The number of hydrogen-bond donors (Lipinski definition) is 1.